The van der Waals surface area contributed by atoms with Gasteiger partial charge in [0.05, 0.1) is 10.6 Å². The molecule has 4 nitrogen and oxygen atoms in total. The van der Waals surface area contributed by atoms with Crippen LogP contribution in [0.1, 0.15) is 29.4 Å². The number of nitrogen functional groups attached to an aromatic ring is 1. The van der Waals surface area contributed by atoms with Crippen molar-refractivity contribution in [3.05, 3.63) is 17.5 Å². The zero-order valence-electron chi connectivity index (χ0n) is 12.6. The maximum atomic E-state index is 12.2. The van der Waals surface area contributed by atoms with Crippen LogP contribution in [0.5, 0.6) is 0 Å². The molecule has 6 heteroatoms. The Morgan fingerprint density at radius 2 is 2.24 bits per heavy atom. The van der Waals surface area contributed by atoms with Gasteiger partial charge >= 0.3 is 0 Å². The summed E-state index contributed by atoms with van der Waals surface area (Å²) < 4.78 is 0. The van der Waals surface area contributed by atoms with E-state index in [4.69, 9.17) is 5.73 Å². The number of nitrogens with one attached hydrogen (secondary N) is 1. The average molecular weight is 326 g/mol. The van der Waals surface area contributed by atoms with Crippen molar-refractivity contribution in [1.82, 2.24) is 5.32 Å². The molecule has 1 fully saturated rings. The van der Waals surface area contributed by atoms with Crippen LogP contribution in [0.4, 0.5) is 10.7 Å². The Balaban J connectivity index is 2.25. The maximum absolute atomic E-state index is 12.2. The zero-order valence-corrected chi connectivity index (χ0v) is 14.3. The molecule has 0 atom stereocenters. The molecule has 1 aromatic heterocycles. The number of carbonyl (C=O) groups is 1. The number of carbonyl (C=O) groups excluding carboxylic acids is 1. The molecular weight excluding hydrogens is 302 g/mol. The summed E-state index contributed by atoms with van der Waals surface area (Å²) in [6.45, 7) is 8.46. The van der Waals surface area contributed by atoms with Crippen LogP contribution in [-0.4, -0.2) is 31.8 Å². The lowest BCUT2D eigenvalue weighted by Gasteiger charge is -2.31. The molecule has 0 aliphatic carbocycles. The summed E-state index contributed by atoms with van der Waals surface area (Å²) in [7, 11) is 0. The lowest BCUT2D eigenvalue weighted by molar-refractivity contribution is 0.0963. The fraction of sp³-hybridized carbons (Fsp3) is 0.533. The van der Waals surface area contributed by atoms with Crippen molar-refractivity contribution in [3.63, 3.8) is 0 Å². The van der Waals surface area contributed by atoms with Gasteiger partial charge in [-0.1, -0.05) is 13.0 Å². The number of nitrogens with two attached hydrogens (primary N) is 1. The highest BCUT2D eigenvalue weighted by molar-refractivity contribution is 7.99. The fourth-order valence-electron chi connectivity index (χ4n) is 2.45. The summed E-state index contributed by atoms with van der Waals surface area (Å²) in [6, 6.07) is 0. The second kappa shape index (κ2) is 7.22. The number of amides is 1. The molecule has 2 rings (SSSR count). The quantitative estimate of drug-likeness (QED) is 0.645. The van der Waals surface area contributed by atoms with E-state index in [9.17, 15) is 4.79 Å². The Kier molecular flexibility index (Phi) is 5.58. The van der Waals surface area contributed by atoms with Gasteiger partial charge in [-0.2, -0.15) is 0 Å². The first kappa shape index (κ1) is 16.2. The first-order valence-electron chi connectivity index (χ1n) is 7.18. The Morgan fingerprint density at radius 3 is 2.81 bits per heavy atom. The van der Waals surface area contributed by atoms with Gasteiger partial charge in [0.15, 0.2) is 0 Å². The van der Waals surface area contributed by atoms with Crippen molar-refractivity contribution in [2.75, 3.05) is 36.5 Å². The summed E-state index contributed by atoms with van der Waals surface area (Å²) in [5.74, 6) is 0.677. The molecule has 21 heavy (non-hydrogen) atoms. The molecule has 0 spiro atoms. The molecule has 1 aliphatic heterocycles. The lowest BCUT2D eigenvalue weighted by atomic mass is 9.99. The number of thioether (sulfide) groups is 1. The van der Waals surface area contributed by atoms with Gasteiger partial charge in [0.1, 0.15) is 9.88 Å². The first-order valence-corrected chi connectivity index (χ1v) is 9.22. The maximum Gasteiger partial charge on any atom is 0.263 e. The topological polar surface area (TPSA) is 58.4 Å². The van der Waals surface area contributed by atoms with Gasteiger partial charge in [-0.05, 0) is 25.0 Å². The van der Waals surface area contributed by atoms with E-state index in [0.29, 0.717) is 17.1 Å². The Labute approximate surface area is 134 Å². The van der Waals surface area contributed by atoms with Crippen LogP contribution in [0.15, 0.2) is 17.6 Å². The standard InChI is InChI=1S/C15H23N3OS2/c1-4-7-17-14(19)12-11(16)13(20-3)15(21-12)18-8-5-10(2)6-9-18/h4,10H,1,5-9,16H2,2-3H3,(H,17,19). The van der Waals surface area contributed by atoms with Gasteiger partial charge in [-0.15, -0.1) is 29.7 Å². The monoisotopic (exact) mass is 325 g/mol. The molecule has 0 aromatic carbocycles. The fourth-order valence-corrected chi connectivity index (χ4v) is 4.60. The Hall–Kier alpha value is -1.14. The third kappa shape index (κ3) is 3.55. The zero-order chi connectivity index (χ0) is 15.4. The molecule has 3 N–H and O–H groups in total. The van der Waals surface area contributed by atoms with Crippen LogP contribution in [0, 0.1) is 5.92 Å². The van der Waals surface area contributed by atoms with E-state index in [1.165, 1.54) is 24.2 Å². The highest BCUT2D eigenvalue weighted by Crippen LogP contribution is 2.44. The molecule has 0 unspecified atom stereocenters. The van der Waals surface area contributed by atoms with Gasteiger partial charge in [-0.25, -0.2) is 0 Å². The highest BCUT2D eigenvalue weighted by Gasteiger charge is 2.25. The van der Waals surface area contributed by atoms with Crippen molar-refractivity contribution in [1.29, 1.82) is 0 Å². The molecule has 0 saturated carbocycles. The first-order chi connectivity index (χ1) is 10.1. The molecular formula is C15H23N3OS2. The minimum Gasteiger partial charge on any atom is -0.396 e. The Morgan fingerprint density at radius 1 is 1.57 bits per heavy atom. The van der Waals surface area contributed by atoms with Crippen LogP contribution in [-0.2, 0) is 0 Å². The average Bonchev–Trinajstić information content (AvgIpc) is 2.82. The Bertz CT molecular complexity index is 519. The third-order valence-corrected chi connectivity index (χ3v) is 5.99. The SMILES string of the molecule is C=CCNC(=O)c1sc(N2CCC(C)CC2)c(SC)c1N. The second-order valence-electron chi connectivity index (χ2n) is 5.35. The number of hydrogen-bond donors (Lipinski definition) is 2. The summed E-state index contributed by atoms with van der Waals surface area (Å²) in [6.07, 6.45) is 6.08. The van der Waals surface area contributed by atoms with Crippen LogP contribution in [0.2, 0.25) is 0 Å². The van der Waals surface area contributed by atoms with Crippen molar-refractivity contribution in [2.24, 2.45) is 5.92 Å². The number of nitrogens with zero attached hydrogens (tertiary/aromatic N) is 1. The molecule has 1 amide bonds. The van der Waals surface area contributed by atoms with Gasteiger partial charge in [0.2, 0.25) is 0 Å². The second-order valence-corrected chi connectivity index (χ2v) is 7.17. The van der Waals surface area contributed by atoms with E-state index in [2.05, 4.69) is 23.7 Å². The summed E-state index contributed by atoms with van der Waals surface area (Å²) >= 11 is 3.13. The van der Waals surface area contributed by atoms with Crippen molar-refractivity contribution >= 4 is 39.7 Å². The predicted octanol–water partition coefficient (Wildman–Crippen LogP) is 3.20. The lowest BCUT2D eigenvalue weighted by Crippen LogP contribution is -2.32. The van der Waals surface area contributed by atoms with Gasteiger partial charge in [0.25, 0.3) is 5.91 Å². The molecule has 1 saturated heterocycles. The van der Waals surface area contributed by atoms with Gasteiger partial charge in [0, 0.05) is 19.6 Å². The van der Waals surface area contributed by atoms with E-state index < -0.39 is 0 Å². The van der Waals surface area contributed by atoms with E-state index >= 15 is 0 Å². The van der Waals surface area contributed by atoms with E-state index in [-0.39, 0.29) is 5.91 Å². The molecule has 0 radical (unpaired) electrons. The third-order valence-electron chi connectivity index (χ3n) is 3.77. The predicted molar refractivity (Wildman–Crippen MR) is 93.7 cm³/mol. The summed E-state index contributed by atoms with van der Waals surface area (Å²) in [5.41, 5.74) is 6.81. The van der Waals surface area contributed by atoms with Crippen LogP contribution in [0.3, 0.4) is 0 Å². The number of rotatable bonds is 5. The molecule has 0 bridgehead atoms. The van der Waals surface area contributed by atoms with Gasteiger partial charge in [-0.3, -0.25) is 4.79 Å². The largest absolute Gasteiger partial charge is 0.396 e. The number of piperidine rings is 1. The van der Waals surface area contributed by atoms with E-state index in [1.54, 1.807) is 17.8 Å². The summed E-state index contributed by atoms with van der Waals surface area (Å²) in [4.78, 5) is 16.2. The smallest absolute Gasteiger partial charge is 0.263 e. The van der Waals surface area contributed by atoms with Crippen molar-refractivity contribution in [2.45, 2.75) is 24.7 Å². The minimum absolute atomic E-state index is 0.107. The van der Waals surface area contributed by atoms with Crippen LogP contribution < -0.4 is 16.0 Å². The number of hydrogen-bond acceptors (Lipinski definition) is 5. The van der Waals surface area contributed by atoms with Crippen LogP contribution >= 0.6 is 23.1 Å². The number of anilines is 2. The molecule has 2 heterocycles. The van der Waals surface area contributed by atoms with E-state index in [1.807, 2.05) is 6.26 Å². The number of thiophene rings is 1. The van der Waals surface area contributed by atoms with Gasteiger partial charge < -0.3 is 16.0 Å². The molecule has 1 aromatic rings. The minimum atomic E-state index is -0.107. The summed E-state index contributed by atoms with van der Waals surface area (Å²) in [5, 5.41) is 3.96. The van der Waals surface area contributed by atoms with Crippen molar-refractivity contribution < 1.29 is 4.79 Å². The van der Waals surface area contributed by atoms with Crippen LogP contribution in [0.25, 0.3) is 0 Å². The molecule has 116 valence electrons. The normalized spacial score (nSPS) is 16.0. The molecule has 1 aliphatic rings. The van der Waals surface area contributed by atoms with Crippen molar-refractivity contribution in [3.8, 4) is 0 Å². The van der Waals surface area contributed by atoms with E-state index in [0.717, 1.165) is 28.9 Å². The highest BCUT2D eigenvalue weighted by atomic mass is 32.2.